The third-order valence-electron chi connectivity index (χ3n) is 3.75. The highest BCUT2D eigenvalue weighted by atomic mass is 35.5. The van der Waals surface area contributed by atoms with Crippen molar-refractivity contribution in [2.45, 2.75) is 44.9 Å². The van der Waals surface area contributed by atoms with Crippen molar-refractivity contribution in [3.05, 3.63) is 35.6 Å². The second kappa shape index (κ2) is 7.50. The van der Waals surface area contributed by atoms with Crippen LogP contribution in [0.3, 0.4) is 0 Å². The van der Waals surface area contributed by atoms with Gasteiger partial charge in [0.15, 0.2) is 0 Å². The number of rotatable bonds is 7. The van der Waals surface area contributed by atoms with Crippen molar-refractivity contribution in [1.82, 2.24) is 0 Å². The fourth-order valence-electron chi connectivity index (χ4n) is 2.44. The highest BCUT2D eigenvalue weighted by Crippen LogP contribution is 2.37. The minimum Gasteiger partial charge on any atom is -0.207 e. The molecule has 1 unspecified atom stereocenters. The number of alkyl halides is 1. The van der Waals surface area contributed by atoms with Crippen molar-refractivity contribution in [2.75, 3.05) is 5.88 Å². The zero-order valence-corrected chi connectivity index (χ0v) is 12.4. The van der Waals surface area contributed by atoms with Crippen molar-refractivity contribution in [1.29, 1.82) is 5.26 Å². The minimum absolute atomic E-state index is 0.193. The van der Waals surface area contributed by atoms with Crippen molar-refractivity contribution < 1.29 is 4.39 Å². The third kappa shape index (κ3) is 3.94. The molecule has 0 spiro atoms. The lowest BCUT2D eigenvalue weighted by Crippen LogP contribution is -2.30. The molecular weight excluding hydrogens is 261 g/mol. The van der Waals surface area contributed by atoms with Crippen LogP contribution in [0.25, 0.3) is 0 Å². The van der Waals surface area contributed by atoms with E-state index in [1.807, 2.05) is 13.8 Å². The topological polar surface area (TPSA) is 23.8 Å². The fourth-order valence-corrected chi connectivity index (χ4v) is 2.63. The van der Waals surface area contributed by atoms with Gasteiger partial charge in [-0.05, 0) is 36.5 Å². The van der Waals surface area contributed by atoms with Crippen LogP contribution in [0.4, 0.5) is 4.39 Å². The van der Waals surface area contributed by atoms with Crippen molar-refractivity contribution in [3.8, 4) is 6.07 Å². The first kappa shape index (κ1) is 16.0. The maximum Gasteiger partial charge on any atom is 0.123 e. The van der Waals surface area contributed by atoms with Gasteiger partial charge in [-0.25, -0.2) is 4.39 Å². The summed E-state index contributed by atoms with van der Waals surface area (Å²) < 4.78 is 13.0. The average Bonchev–Trinajstić information content (AvgIpc) is 2.40. The van der Waals surface area contributed by atoms with E-state index in [0.717, 1.165) is 31.2 Å². The van der Waals surface area contributed by atoms with Gasteiger partial charge in [0, 0.05) is 5.88 Å². The molecular formula is C16H21ClFN. The maximum absolute atomic E-state index is 13.0. The van der Waals surface area contributed by atoms with Gasteiger partial charge in [0.2, 0.25) is 0 Å². The van der Waals surface area contributed by atoms with E-state index in [0.29, 0.717) is 5.88 Å². The van der Waals surface area contributed by atoms with Gasteiger partial charge in [-0.3, -0.25) is 0 Å². The lowest BCUT2D eigenvalue weighted by molar-refractivity contribution is 0.355. The molecule has 0 heterocycles. The number of nitrogens with zero attached hydrogens (tertiary/aromatic N) is 1. The molecule has 0 amide bonds. The molecule has 0 radical (unpaired) electrons. The lowest BCUT2D eigenvalue weighted by Gasteiger charge is -2.31. The summed E-state index contributed by atoms with van der Waals surface area (Å²) in [4.78, 5) is 0. The quantitative estimate of drug-likeness (QED) is 0.507. The zero-order valence-electron chi connectivity index (χ0n) is 11.6. The Morgan fingerprint density at radius 3 is 2.32 bits per heavy atom. The van der Waals surface area contributed by atoms with Crippen LogP contribution in [0, 0.1) is 23.1 Å². The molecule has 1 aromatic carbocycles. The first-order chi connectivity index (χ1) is 9.06. The van der Waals surface area contributed by atoms with Crippen LogP contribution in [-0.2, 0) is 5.41 Å². The largest absolute Gasteiger partial charge is 0.207 e. The normalized spacial score (nSPS) is 14.1. The number of benzene rings is 1. The van der Waals surface area contributed by atoms with E-state index in [4.69, 9.17) is 11.6 Å². The Morgan fingerprint density at radius 1 is 1.21 bits per heavy atom. The molecule has 0 aromatic heterocycles. The minimum atomic E-state index is -0.528. The highest BCUT2D eigenvalue weighted by molar-refractivity contribution is 6.17. The molecule has 0 saturated carbocycles. The second-order valence-electron chi connectivity index (χ2n) is 5.24. The van der Waals surface area contributed by atoms with E-state index < -0.39 is 5.41 Å². The van der Waals surface area contributed by atoms with Crippen LogP contribution in [0.2, 0.25) is 0 Å². The van der Waals surface area contributed by atoms with Gasteiger partial charge >= 0.3 is 0 Å². The van der Waals surface area contributed by atoms with Crippen molar-refractivity contribution in [3.63, 3.8) is 0 Å². The van der Waals surface area contributed by atoms with Gasteiger partial charge in [-0.15, -0.1) is 11.6 Å². The summed E-state index contributed by atoms with van der Waals surface area (Å²) >= 11 is 5.68. The molecule has 0 bridgehead atoms. The maximum atomic E-state index is 13.0. The predicted molar refractivity (Wildman–Crippen MR) is 77.7 cm³/mol. The van der Waals surface area contributed by atoms with Crippen LogP contribution < -0.4 is 0 Å². The summed E-state index contributed by atoms with van der Waals surface area (Å²) in [7, 11) is 0. The Labute approximate surface area is 120 Å². The lowest BCUT2D eigenvalue weighted by atomic mass is 9.69. The van der Waals surface area contributed by atoms with Gasteiger partial charge in [0.1, 0.15) is 5.82 Å². The van der Waals surface area contributed by atoms with E-state index in [-0.39, 0.29) is 11.7 Å². The zero-order chi connectivity index (χ0) is 14.3. The number of nitriles is 1. The SMILES string of the molecule is CC(C)C(C#N)(CCCCCCl)c1ccc(F)cc1. The van der Waals surface area contributed by atoms with E-state index in [2.05, 4.69) is 6.07 Å². The van der Waals surface area contributed by atoms with Crippen LogP contribution >= 0.6 is 11.6 Å². The van der Waals surface area contributed by atoms with Crippen molar-refractivity contribution >= 4 is 11.6 Å². The van der Waals surface area contributed by atoms with E-state index >= 15 is 0 Å². The third-order valence-corrected chi connectivity index (χ3v) is 4.02. The molecule has 0 N–H and O–H groups in total. The van der Waals surface area contributed by atoms with Gasteiger partial charge in [-0.2, -0.15) is 5.26 Å². The van der Waals surface area contributed by atoms with E-state index in [9.17, 15) is 9.65 Å². The van der Waals surface area contributed by atoms with Gasteiger partial charge in [0.25, 0.3) is 0 Å². The van der Waals surface area contributed by atoms with E-state index in [1.165, 1.54) is 12.1 Å². The molecule has 0 aliphatic carbocycles. The highest BCUT2D eigenvalue weighted by Gasteiger charge is 2.35. The Hall–Kier alpha value is -1.07. The first-order valence-corrected chi connectivity index (χ1v) is 7.33. The molecule has 0 fully saturated rings. The van der Waals surface area contributed by atoms with Gasteiger partial charge in [0.05, 0.1) is 11.5 Å². The molecule has 1 nitrogen and oxygen atoms in total. The molecule has 0 aliphatic heterocycles. The molecule has 0 aliphatic rings. The van der Waals surface area contributed by atoms with Crippen LogP contribution in [-0.4, -0.2) is 5.88 Å². The molecule has 104 valence electrons. The van der Waals surface area contributed by atoms with Crippen LogP contribution in [0.1, 0.15) is 45.1 Å². The first-order valence-electron chi connectivity index (χ1n) is 6.80. The summed E-state index contributed by atoms with van der Waals surface area (Å²) in [5.74, 6) is 0.595. The van der Waals surface area contributed by atoms with Gasteiger partial charge < -0.3 is 0 Å². The summed E-state index contributed by atoms with van der Waals surface area (Å²) in [6.07, 6.45) is 3.77. The fraction of sp³-hybridized carbons (Fsp3) is 0.562. The molecule has 3 heteroatoms. The molecule has 19 heavy (non-hydrogen) atoms. The van der Waals surface area contributed by atoms with E-state index in [1.54, 1.807) is 12.1 Å². The molecule has 1 atom stereocenters. The number of halogens is 2. The smallest absolute Gasteiger partial charge is 0.123 e. The Bertz CT molecular complexity index is 421. The average molecular weight is 282 g/mol. The predicted octanol–water partition coefficient (Wildman–Crippen LogP) is 5.04. The molecule has 1 rings (SSSR count). The standard InChI is InChI=1S/C16H21ClFN/c1-13(2)16(12-19,10-4-3-5-11-17)14-6-8-15(18)9-7-14/h6-9,13H,3-5,10-11H2,1-2H3. The monoisotopic (exact) mass is 281 g/mol. The number of hydrogen-bond donors (Lipinski definition) is 0. The Morgan fingerprint density at radius 2 is 1.84 bits per heavy atom. The summed E-state index contributed by atoms with van der Waals surface area (Å²) in [6, 6.07) is 8.81. The molecule has 0 saturated heterocycles. The summed E-state index contributed by atoms with van der Waals surface area (Å²) in [5, 5.41) is 9.66. The Balaban J connectivity index is 2.93. The van der Waals surface area contributed by atoms with Crippen LogP contribution in [0.15, 0.2) is 24.3 Å². The second-order valence-corrected chi connectivity index (χ2v) is 5.62. The van der Waals surface area contributed by atoms with Gasteiger partial charge in [-0.1, -0.05) is 38.8 Å². The van der Waals surface area contributed by atoms with Crippen molar-refractivity contribution in [2.24, 2.45) is 5.92 Å². The molecule has 1 aromatic rings. The number of unbranched alkanes of at least 4 members (excludes halogenated alkanes) is 2. The summed E-state index contributed by atoms with van der Waals surface area (Å²) in [5.41, 5.74) is 0.386. The summed E-state index contributed by atoms with van der Waals surface area (Å²) in [6.45, 7) is 4.10. The Kier molecular flexibility index (Phi) is 6.31. The number of hydrogen-bond acceptors (Lipinski definition) is 1. The van der Waals surface area contributed by atoms with Crippen LogP contribution in [0.5, 0.6) is 0 Å².